The van der Waals surface area contributed by atoms with E-state index in [0.717, 1.165) is 19.3 Å². The van der Waals surface area contributed by atoms with Crippen molar-refractivity contribution < 1.29 is 9.66 Å². The molecule has 0 bridgehead atoms. The molecule has 0 radical (unpaired) electrons. The molecule has 0 unspecified atom stereocenters. The lowest BCUT2D eigenvalue weighted by Crippen LogP contribution is -2.08. The number of nitriles is 1. The smallest absolute Gasteiger partial charge is 0.313 e. The van der Waals surface area contributed by atoms with Gasteiger partial charge in [-0.05, 0) is 46.1 Å². The second kappa shape index (κ2) is 6.90. The molecule has 1 aromatic carbocycles. The van der Waals surface area contributed by atoms with E-state index in [1.54, 1.807) is 25.1 Å². The Hall–Kier alpha value is -2.09. The van der Waals surface area contributed by atoms with Gasteiger partial charge < -0.3 is 4.74 Å². The summed E-state index contributed by atoms with van der Waals surface area (Å²) in [6.07, 6.45) is 2.43. The van der Waals surface area contributed by atoms with E-state index in [4.69, 9.17) is 10.00 Å². The number of aryl methyl sites for hydroxylation is 1. The number of unbranched alkanes of at least 4 members (excludes halogenated alkanes) is 1. The number of para-hydroxylation sites is 1. The summed E-state index contributed by atoms with van der Waals surface area (Å²) in [6, 6.07) is 7.31. The van der Waals surface area contributed by atoms with Crippen molar-refractivity contribution in [1.82, 2.24) is 0 Å². The van der Waals surface area contributed by atoms with E-state index in [9.17, 15) is 10.1 Å². The first-order valence-corrected chi connectivity index (χ1v) is 6.65. The average Bonchev–Trinajstić information content (AvgIpc) is 2.37. The third kappa shape index (κ3) is 4.54. The summed E-state index contributed by atoms with van der Waals surface area (Å²) < 4.78 is 5.50. The molecule has 5 nitrogen and oxygen atoms in total. The average molecular weight is 276 g/mol. The highest BCUT2D eigenvalue weighted by molar-refractivity contribution is 5.51. The Morgan fingerprint density at radius 2 is 2.10 bits per heavy atom. The van der Waals surface area contributed by atoms with Crippen molar-refractivity contribution in [2.75, 3.05) is 6.61 Å². The maximum Gasteiger partial charge on any atom is 0.313 e. The number of nitrogens with zero attached hydrogens (tertiary/aromatic N) is 2. The topological polar surface area (TPSA) is 76.2 Å². The van der Waals surface area contributed by atoms with Crippen molar-refractivity contribution in [3.8, 4) is 11.8 Å². The molecule has 108 valence electrons. The van der Waals surface area contributed by atoms with Crippen molar-refractivity contribution in [3.63, 3.8) is 0 Å². The Balaban J connectivity index is 2.50. The van der Waals surface area contributed by atoms with Gasteiger partial charge >= 0.3 is 5.69 Å². The highest BCUT2D eigenvalue weighted by atomic mass is 16.6. The van der Waals surface area contributed by atoms with Crippen LogP contribution in [0.2, 0.25) is 0 Å². The van der Waals surface area contributed by atoms with Crippen LogP contribution in [0.4, 0.5) is 5.69 Å². The Bertz CT molecular complexity index is 518. The van der Waals surface area contributed by atoms with Crippen LogP contribution in [0.1, 0.15) is 38.7 Å². The Kier molecular flexibility index (Phi) is 5.51. The maximum atomic E-state index is 11.0. The monoisotopic (exact) mass is 276 g/mol. The molecule has 0 heterocycles. The Morgan fingerprint density at radius 3 is 2.70 bits per heavy atom. The molecule has 0 saturated carbocycles. The summed E-state index contributed by atoms with van der Waals surface area (Å²) in [4.78, 5) is 10.6. The number of nitro groups is 1. The van der Waals surface area contributed by atoms with Gasteiger partial charge in [0.15, 0.2) is 5.75 Å². The second-order valence-corrected chi connectivity index (χ2v) is 5.48. The van der Waals surface area contributed by atoms with Crippen LogP contribution in [0.5, 0.6) is 5.75 Å². The summed E-state index contributed by atoms with van der Waals surface area (Å²) in [5, 5.41) is 19.9. The van der Waals surface area contributed by atoms with Crippen LogP contribution in [-0.4, -0.2) is 11.5 Å². The lowest BCUT2D eigenvalue weighted by atomic mass is 9.89. The molecule has 0 aliphatic heterocycles. The first-order valence-electron chi connectivity index (χ1n) is 6.65. The van der Waals surface area contributed by atoms with Gasteiger partial charge in [-0.2, -0.15) is 5.26 Å². The lowest BCUT2D eigenvalue weighted by Gasteiger charge is -2.14. The van der Waals surface area contributed by atoms with Gasteiger partial charge in [0.25, 0.3) is 0 Å². The fourth-order valence-electron chi connectivity index (χ4n) is 1.89. The van der Waals surface area contributed by atoms with E-state index in [2.05, 4.69) is 6.07 Å². The third-order valence-electron chi connectivity index (χ3n) is 3.14. The molecule has 20 heavy (non-hydrogen) atoms. The fraction of sp³-hybridized carbons (Fsp3) is 0.533. The van der Waals surface area contributed by atoms with Gasteiger partial charge in [0.2, 0.25) is 0 Å². The zero-order valence-corrected chi connectivity index (χ0v) is 12.2. The van der Waals surface area contributed by atoms with Gasteiger partial charge in [-0.1, -0.05) is 12.1 Å². The van der Waals surface area contributed by atoms with Crippen molar-refractivity contribution in [3.05, 3.63) is 33.9 Å². The van der Waals surface area contributed by atoms with Gasteiger partial charge in [0.05, 0.1) is 23.0 Å². The predicted octanol–water partition coefficient (Wildman–Crippen LogP) is 4.00. The molecule has 0 fully saturated rings. The minimum atomic E-state index is -0.413. The number of ether oxygens (including phenoxy) is 1. The van der Waals surface area contributed by atoms with E-state index < -0.39 is 4.92 Å². The fourth-order valence-corrected chi connectivity index (χ4v) is 1.89. The van der Waals surface area contributed by atoms with E-state index >= 15 is 0 Å². The summed E-state index contributed by atoms with van der Waals surface area (Å²) in [6.45, 7) is 5.92. The Labute approximate surface area is 119 Å². The molecule has 0 aromatic heterocycles. The predicted molar refractivity (Wildman–Crippen MR) is 76.6 cm³/mol. The third-order valence-corrected chi connectivity index (χ3v) is 3.14. The molecule has 0 aliphatic rings. The second-order valence-electron chi connectivity index (χ2n) is 5.48. The largest absolute Gasteiger partial charge is 0.487 e. The molecular weight excluding hydrogens is 256 g/mol. The lowest BCUT2D eigenvalue weighted by molar-refractivity contribution is -0.386. The van der Waals surface area contributed by atoms with Gasteiger partial charge in [-0.3, -0.25) is 10.1 Å². The van der Waals surface area contributed by atoms with E-state index in [1.165, 1.54) is 0 Å². The number of hydrogen-bond acceptors (Lipinski definition) is 4. The van der Waals surface area contributed by atoms with E-state index in [0.29, 0.717) is 17.9 Å². The molecule has 5 heteroatoms. The number of rotatable bonds is 7. The molecule has 0 atom stereocenters. The van der Waals surface area contributed by atoms with Crippen LogP contribution in [0.25, 0.3) is 0 Å². The first-order chi connectivity index (χ1) is 9.37. The highest BCUT2D eigenvalue weighted by Gasteiger charge is 2.18. The van der Waals surface area contributed by atoms with Gasteiger partial charge in [0, 0.05) is 5.56 Å². The number of benzene rings is 1. The molecule has 1 aromatic rings. The summed E-state index contributed by atoms with van der Waals surface area (Å²) in [5.74, 6) is 0.314. The van der Waals surface area contributed by atoms with Crippen molar-refractivity contribution >= 4 is 5.69 Å². The van der Waals surface area contributed by atoms with Crippen LogP contribution >= 0.6 is 0 Å². The normalized spacial score (nSPS) is 10.9. The zero-order chi connectivity index (χ0) is 15.2. The SMILES string of the molecule is Cc1cccc(OCCCCC(C)(C)C#N)c1[N+](=O)[O-]. The van der Waals surface area contributed by atoms with E-state index in [-0.39, 0.29) is 11.1 Å². The summed E-state index contributed by atoms with van der Waals surface area (Å²) >= 11 is 0. The quantitative estimate of drug-likeness (QED) is 0.428. The molecular formula is C15H20N2O3. The van der Waals surface area contributed by atoms with Gasteiger partial charge in [0.1, 0.15) is 0 Å². The summed E-state index contributed by atoms with van der Waals surface area (Å²) in [7, 11) is 0. The molecule has 0 spiro atoms. The van der Waals surface area contributed by atoms with Crippen molar-refractivity contribution in [1.29, 1.82) is 5.26 Å². The molecule has 0 N–H and O–H groups in total. The Morgan fingerprint density at radius 1 is 1.40 bits per heavy atom. The van der Waals surface area contributed by atoms with Crippen LogP contribution in [-0.2, 0) is 0 Å². The minimum Gasteiger partial charge on any atom is -0.487 e. The standard InChI is InChI=1S/C15H20N2O3/c1-12-7-6-8-13(14(12)17(18)19)20-10-5-4-9-15(2,3)11-16/h6-8H,4-5,9-10H2,1-3H3. The zero-order valence-electron chi connectivity index (χ0n) is 12.2. The molecule has 0 amide bonds. The molecule has 0 aliphatic carbocycles. The van der Waals surface area contributed by atoms with Crippen molar-refractivity contribution in [2.24, 2.45) is 5.41 Å². The van der Waals surface area contributed by atoms with Crippen LogP contribution in [0.15, 0.2) is 18.2 Å². The summed E-state index contributed by atoms with van der Waals surface area (Å²) in [5.41, 5.74) is 0.304. The number of nitro benzene ring substituents is 1. The minimum absolute atomic E-state index is 0.0323. The first kappa shape index (κ1) is 16.0. The van der Waals surface area contributed by atoms with Crippen LogP contribution in [0, 0.1) is 33.8 Å². The highest BCUT2D eigenvalue weighted by Crippen LogP contribution is 2.30. The van der Waals surface area contributed by atoms with Crippen LogP contribution in [0.3, 0.4) is 0 Å². The number of hydrogen-bond donors (Lipinski definition) is 0. The van der Waals surface area contributed by atoms with E-state index in [1.807, 2.05) is 13.8 Å². The molecule has 1 rings (SSSR count). The molecule has 0 saturated heterocycles. The van der Waals surface area contributed by atoms with Gasteiger partial charge in [-0.25, -0.2) is 0 Å². The van der Waals surface area contributed by atoms with Crippen molar-refractivity contribution in [2.45, 2.75) is 40.0 Å². The maximum absolute atomic E-state index is 11.0. The van der Waals surface area contributed by atoms with Gasteiger partial charge in [-0.15, -0.1) is 0 Å². The van der Waals surface area contributed by atoms with Crippen LogP contribution < -0.4 is 4.74 Å².